The number of likely N-dealkylation sites (tertiary alicyclic amines) is 1. The Hall–Kier alpha value is -1.96. The van der Waals surface area contributed by atoms with Crippen LogP contribution < -0.4 is 4.74 Å². The van der Waals surface area contributed by atoms with Gasteiger partial charge >= 0.3 is 0 Å². The van der Waals surface area contributed by atoms with E-state index in [9.17, 15) is 4.79 Å². The second kappa shape index (κ2) is 9.49. The molecule has 0 spiro atoms. The Morgan fingerprint density at radius 1 is 1.18 bits per heavy atom. The molecule has 0 radical (unpaired) electrons. The maximum atomic E-state index is 13.1. The third-order valence-electron chi connectivity index (χ3n) is 5.43. The molecule has 2 aliphatic heterocycles. The molecule has 150 valence electrons. The van der Waals surface area contributed by atoms with E-state index in [0.29, 0.717) is 12.6 Å². The van der Waals surface area contributed by atoms with Gasteiger partial charge in [0, 0.05) is 43.2 Å². The molecule has 1 unspecified atom stereocenters. The number of carbonyl (C=O) groups excluding carboxylic acids is 1. The van der Waals surface area contributed by atoms with Crippen LogP contribution >= 0.6 is 11.3 Å². The van der Waals surface area contributed by atoms with Crippen LogP contribution in [0.15, 0.2) is 35.2 Å². The standard InChI is InChI=1S/C21H27N3O3S/c25-21(17-4-6-20(7-5-17)27-14-18-15-28-16-22-18)24-8-2-1-3-19(24)13-23-9-11-26-12-10-23/h4-7,15-16,19H,1-3,8-14H2. The largest absolute Gasteiger partial charge is 0.487 e. The zero-order valence-corrected chi connectivity index (χ0v) is 16.9. The highest BCUT2D eigenvalue weighted by molar-refractivity contribution is 7.07. The molecule has 2 fully saturated rings. The molecule has 2 aliphatic rings. The highest BCUT2D eigenvalue weighted by Gasteiger charge is 2.29. The van der Waals surface area contributed by atoms with Gasteiger partial charge in [-0.25, -0.2) is 4.98 Å². The van der Waals surface area contributed by atoms with Gasteiger partial charge in [-0.15, -0.1) is 11.3 Å². The zero-order valence-electron chi connectivity index (χ0n) is 16.1. The van der Waals surface area contributed by atoms with Gasteiger partial charge in [0.2, 0.25) is 0 Å². The molecule has 0 saturated carbocycles. The van der Waals surface area contributed by atoms with Crippen LogP contribution in [0, 0.1) is 0 Å². The summed E-state index contributed by atoms with van der Waals surface area (Å²) in [7, 11) is 0. The molecule has 0 N–H and O–H groups in total. The fourth-order valence-electron chi connectivity index (χ4n) is 3.87. The first kappa shape index (κ1) is 19.4. The molecular weight excluding hydrogens is 374 g/mol. The molecule has 3 heterocycles. The minimum absolute atomic E-state index is 0.129. The van der Waals surface area contributed by atoms with Gasteiger partial charge in [-0.2, -0.15) is 0 Å². The summed E-state index contributed by atoms with van der Waals surface area (Å²) in [6.07, 6.45) is 3.36. The number of amides is 1. The Balaban J connectivity index is 1.37. The van der Waals surface area contributed by atoms with E-state index in [2.05, 4.69) is 14.8 Å². The Morgan fingerprint density at radius 3 is 2.75 bits per heavy atom. The van der Waals surface area contributed by atoms with Crippen molar-refractivity contribution in [3.8, 4) is 5.75 Å². The first-order valence-electron chi connectivity index (χ1n) is 10.0. The van der Waals surface area contributed by atoms with Crippen LogP contribution in [0.1, 0.15) is 35.3 Å². The topological polar surface area (TPSA) is 54.9 Å². The number of ether oxygens (including phenoxy) is 2. The summed E-state index contributed by atoms with van der Waals surface area (Å²) in [6, 6.07) is 7.79. The van der Waals surface area contributed by atoms with E-state index in [1.807, 2.05) is 29.6 Å². The summed E-state index contributed by atoms with van der Waals surface area (Å²) in [4.78, 5) is 21.9. The van der Waals surface area contributed by atoms with E-state index in [0.717, 1.165) is 69.2 Å². The second-order valence-electron chi connectivity index (χ2n) is 7.35. The van der Waals surface area contributed by atoms with Crippen LogP contribution in [0.4, 0.5) is 0 Å². The van der Waals surface area contributed by atoms with Gasteiger partial charge < -0.3 is 14.4 Å². The predicted octanol–water partition coefficient (Wildman–Crippen LogP) is 3.05. The van der Waals surface area contributed by atoms with Crippen LogP contribution in [0.25, 0.3) is 0 Å². The molecule has 1 atom stereocenters. The van der Waals surface area contributed by atoms with Crippen LogP contribution in [0.2, 0.25) is 0 Å². The van der Waals surface area contributed by atoms with Crippen molar-refractivity contribution in [2.24, 2.45) is 0 Å². The summed E-state index contributed by atoms with van der Waals surface area (Å²) in [6.45, 7) is 5.75. The molecule has 4 rings (SSSR count). The Bertz CT molecular complexity index is 745. The predicted molar refractivity (Wildman–Crippen MR) is 109 cm³/mol. The minimum Gasteiger partial charge on any atom is -0.487 e. The van der Waals surface area contributed by atoms with Gasteiger partial charge in [0.15, 0.2) is 0 Å². The fourth-order valence-corrected chi connectivity index (χ4v) is 4.41. The highest BCUT2D eigenvalue weighted by atomic mass is 32.1. The molecule has 1 aromatic heterocycles. The van der Waals surface area contributed by atoms with Gasteiger partial charge in [-0.1, -0.05) is 0 Å². The molecule has 1 amide bonds. The quantitative estimate of drug-likeness (QED) is 0.745. The molecule has 2 saturated heterocycles. The van der Waals surface area contributed by atoms with Crippen LogP contribution in [-0.2, 0) is 11.3 Å². The molecular formula is C21H27N3O3S. The number of rotatable bonds is 6. The smallest absolute Gasteiger partial charge is 0.254 e. The zero-order chi connectivity index (χ0) is 19.2. The van der Waals surface area contributed by atoms with Crippen molar-refractivity contribution in [3.05, 3.63) is 46.4 Å². The van der Waals surface area contributed by atoms with Crippen molar-refractivity contribution in [1.82, 2.24) is 14.8 Å². The Labute approximate surface area is 170 Å². The first-order valence-corrected chi connectivity index (χ1v) is 10.9. The van der Waals surface area contributed by atoms with E-state index >= 15 is 0 Å². The summed E-state index contributed by atoms with van der Waals surface area (Å²) < 4.78 is 11.2. The average Bonchev–Trinajstić information content (AvgIpc) is 3.27. The van der Waals surface area contributed by atoms with Gasteiger partial charge in [0.05, 0.1) is 24.4 Å². The molecule has 28 heavy (non-hydrogen) atoms. The normalized spacial score (nSPS) is 20.9. The maximum Gasteiger partial charge on any atom is 0.254 e. The van der Waals surface area contributed by atoms with E-state index in [-0.39, 0.29) is 5.91 Å². The van der Waals surface area contributed by atoms with E-state index in [1.54, 1.807) is 16.8 Å². The Kier molecular flexibility index (Phi) is 6.57. The third kappa shape index (κ3) is 4.90. The minimum atomic E-state index is 0.129. The highest BCUT2D eigenvalue weighted by Crippen LogP contribution is 2.22. The van der Waals surface area contributed by atoms with Crippen molar-refractivity contribution in [1.29, 1.82) is 0 Å². The SMILES string of the molecule is O=C(c1ccc(OCc2cscn2)cc1)N1CCCCC1CN1CCOCC1. The summed E-state index contributed by atoms with van der Waals surface area (Å²) in [5.74, 6) is 0.886. The first-order chi connectivity index (χ1) is 13.8. The molecule has 7 heteroatoms. The van der Waals surface area contributed by atoms with Gasteiger partial charge in [0.25, 0.3) is 5.91 Å². The number of morpholine rings is 1. The maximum absolute atomic E-state index is 13.1. The number of carbonyl (C=O) groups is 1. The van der Waals surface area contributed by atoms with Crippen LogP contribution in [0.3, 0.4) is 0 Å². The van der Waals surface area contributed by atoms with Gasteiger partial charge in [-0.05, 0) is 43.5 Å². The number of thiazole rings is 1. The molecule has 1 aromatic carbocycles. The second-order valence-corrected chi connectivity index (χ2v) is 8.07. The van der Waals surface area contributed by atoms with Crippen LogP contribution in [0.5, 0.6) is 5.75 Å². The lowest BCUT2D eigenvalue weighted by molar-refractivity contribution is 0.0166. The van der Waals surface area contributed by atoms with E-state index in [4.69, 9.17) is 9.47 Å². The number of hydrogen-bond acceptors (Lipinski definition) is 6. The lowest BCUT2D eigenvalue weighted by atomic mass is 10.00. The number of benzene rings is 1. The van der Waals surface area contributed by atoms with Gasteiger partial charge in [-0.3, -0.25) is 9.69 Å². The van der Waals surface area contributed by atoms with Crippen molar-refractivity contribution in [2.75, 3.05) is 39.4 Å². The van der Waals surface area contributed by atoms with Crippen molar-refractivity contribution in [2.45, 2.75) is 31.9 Å². The third-order valence-corrected chi connectivity index (χ3v) is 6.07. The molecule has 0 bridgehead atoms. The Morgan fingerprint density at radius 2 is 2.00 bits per heavy atom. The number of nitrogens with zero attached hydrogens (tertiary/aromatic N) is 3. The summed E-state index contributed by atoms with van der Waals surface area (Å²) in [5, 5.41) is 1.98. The number of piperidine rings is 1. The van der Waals surface area contributed by atoms with E-state index < -0.39 is 0 Å². The summed E-state index contributed by atoms with van der Waals surface area (Å²) >= 11 is 1.56. The fraction of sp³-hybridized carbons (Fsp3) is 0.524. The lowest BCUT2D eigenvalue weighted by Crippen LogP contribution is -2.51. The lowest BCUT2D eigenvalue weighted by Gasteiger charge is -2.39. The molecule has 2 aromatic rings. The number of hydrogen-bond donors (Lipinski definition) is 0. The van der Waals surface area contributed by atoms with Gasteiger partial charge in [0.1, 0.15) is 12.4 Å². The monoisotopic (exact) mass is 401 g/mol. The van der Waals surface area contributed by atoms with Crippen molar-refractivity contribution >= 4 is 17.2 Å². The molecule has 0 aliphatic carbocycles. The van der Waals surface area contributed by atoms with Crippen molar-refractivity contribution in [3.63, 3.8) is 0 Å². The van der Waals surface area contributed by atoms with Crippen LogP contribution in [-0.4, -0.2) is 66.1 Å². The average molecular weight is 402 g/mol. The van der Waals surface area contributed by atoms with Crippen molar-refractivity contribution < 1.29 is 14.3 Å². The molecule has 6 nitrogen and oxygen atoms in total. The van der Waals surface area contributed by atoms with E-state index in [1.165, 1.54) is 6.42 Å². The number of aromatic nitrogens is 1. The summed E-state index contributed by atoms with van der Waals surface area (Å²) in [5.41, 5.74) is 3.45.